The van der Waals surface area contributed by atoms with Gasteiger partial charge in [0.25, 0.3) is 0 Å². The van der Waals surface area contributed by atoms with Crippen LogP contribution < -0.4 is 15.3 Å². The highest BCUT2D eigenvalue weighted by Crippen LogP contribution is 2.54. The lowest BCUT2D eigenvalue weighted by Gasteiger charge is -2.34. The van der Waals surface area contributed by atoms with Gasteiger partial charge in [-0.05, 0) is 144 Å². The van der Waals surface area contributed by atoms with Crippen molar-refractivity contribution in [2.45, 2.75) is 89.3 Å². The fourth-order valence-corrected chi connectivity index (χ4v) is 12.8. The number of rotatable bonds is 6. The van der Waals surface area contributed by atoms with E-state index in [1.165, 1.54) is 24.3 Å². The van der Waals surface area contributed by atoms with Crippen molar-refractivity contribution in [3.63, 3.8) is 0 Å². The standard InChI is InChI=1S/C29H25FN6O.C26H22BrFN4O.C9H15BN2O2/c1-18-26(23-4-2-3-9-31-23)35-24-13-21(30)5-6-22(24)27(18)36-17-29(7-10-37-11-8-29)28-25(36)12-19(14-32-28)20-15-33-34-16-20;1-16-23(20-4-2-3-9-29-20)31-21-13-18(28)5-6-19(21)24(16)32-15-26(7-10-33-11-8-26)25-22(32)12-17(27)14-30-25;1-8(2)9(3,4)14-10(13-8)7-5-11-12-6-7/h2-6,9,12-16H,7-8,10-11,17H2,1H3,(H,33,34);2-6,9,12-14H,7-8,10-11,15H2,1H3;5-6H,1-4H3,(H,11,12). The van der Waals surface area contributed by atoms with Crippen LogP contribution in [0.5, 0.6) is 0 Å². The Kier molecular flexibility index (Phi) is 14.5. The molecule has 8 aromatic heterocycles. The molecule has 0 radical (unpaired) electrons. The lowest BCUT2D eigenvalue weighted by Crippen LogP contribution is -2.41. The SMILES string of the molecule is CC1(C)OB(c2cn[nH]c2)OC1(C)C.Cc1c(-c2ccccn2)nc2cc(F)ccc2c1N1CC2(CCOCC2)c2ncc(-c3cn[nH]c3)cc21.Cc1c(-c2ccccn2)nc2cc(F)ccc2c1N1CC2(CCOCC2)c2ncc(Br)cc21. The molecule has 2 N–H and O–H groups in total. The summed E-state index contributed by atoms with van der Waals surface area (Å²) in [4.78, 5) is 33.5. The Bertz CT molecular complexity index is 4040. The number of hydrogen-bond acceptors (Lipinski definition) is 14. The Morgan fingerprint density at radius 3 is 1.54 bits per heavy atom. The fourth-order valence-electron chi connectivity index (χ4n) is 12.5. The van der Waals surface area contributed by atoms with E-state index in [4.69, 9.17) is 38.7 Å². The molecular formula is C64H62BBrF2N12O4. The molecule has 0 atom stereocenters. The number of H-pyrrole nitrogens is 2. The minimum absolute atomic E-state index is 0.0679. The largest absolute Gasteiger partial charge is 0.498 e. The average molecular weight is 1190 g/mol. The van der Waals surface area contributed by atoms with Crippen LogP contribution in [0.15, 0.2) is 139 Å². The van der Waals surface area contributed by atoms with E-state index in [0.29, 0.717) is 24.2 Å². The number of anilines is 4. The first-order valence-corrected chi connectivity index (χ1v) is 29.1. The van der Waals surface area contributed by atoms with Crippen LogP contribution in [-0.4, -0.2) is 108 Å². The van der Waals surface area contributed by atoms with E-state index >= 15 is 0 Å². The third-order valence-electron chi connectivity index (χ3n) is 17.7. The van der Waals surface area contributed by atoms with Gasteiger partial charge in [-0.1, -0.05) is 12.1 Å². The van der Waals surface area contributed by atoms with E-state index in [-0.39, 0.29) is 40.8 Å². The summed E-state index contributed by atoms with van der Waals surface area (Å²) in [5, 5.41) is 15.5. The summed E-state index contributed by atoms with van der Waals surface area (Å²) < 4.78 is 52.7. The van der Waals surface area contributed by atoms with E-state index in [1.807, 2.05) is 101 Å². The molecule has 0 aliphatic carbocycles. The molecule has 16 nitrogen and oxygen atoms in total. The molecule has 84 heavy (non-hydrogen) atoms. The zero-order valence-electron chi connectivity index (χ0n) is 47.6. The molecule has 15 rings (SSSR count). The molecule has 2 aromatic carbocycles. The van der Waals surface area contributed by atoms with Crippen LogP contribution in [0.25, 0.3) is 55.7 Å². The zero-order chi connectivity index (χ0) is 58.0. The summed E-state index contributed by atoms with van der Waals surface area (Å²) in [5.41, 5.74) is 14.9. The Labute approximate surface area is 494 Å². The molecule has 20 heteroatoms. The predicted octanol–water partition coefficient (Wildman–Crippen LogP) is 12.5. The third-order valence-corrected chi connectivity index (χ3v) is 18.1. The molecule has 3 saturated heterocycles. The van der Waals surface area contributed by atoms with Crippen molar-refractivity contribution in [3.05, 3.63) is 173 Å². The van der Waals surface area contributed by atoms with E-state index in [0.717, 1.165) is 152 Å². The van der Waals surface area contributed by atoms with Gasteiger partial charge in [0.2, 0.25) is 0 Å². The number of ether oxygens (including phenoxy) is 2. The lowest BCUT2D eigenvalue weighted by molar-refractivity contribution is 0.00578. The number of nitrogens with zero attached hydrogens (tertiary/aromatic N) is 10. The maximum Gasteiger partial charge on any atom is 0.498 e. The van der Waals surface area contributed by atoms with Crippen LogP contribution in [-0.2, 0) is 29.6 Å². The summed E-state index contributed by atoms with van der Waals surface area (Å²) >= 11 is 3.62. The molecule has 10 aromatic rings. The van der Waals surface area contributed by atoms with Gasteiger partial charge in [-0.3, -0.25) is 30.1 Å². The van der Waals surface area contributed by atoms with Crippen molar-refractivity contribution >= 4 is 73.1 Å². The second-order valence-electron chi connectivity index (χ2n) is 23.3. The third kappa shape index (κ3) is 10.00. The second kappa shape index (κ2) is 22.0. The van der Waals surface area contributed by atoms with Gasteiger partial charge in [-0.2, -0.15) is 10.2 Å². The van der Waals surface area contributed by atoms with Crippen LogP contribution in [0.2, 0.25) is 0 Å². The molecule has 0 saturated carbocycles. The number of aromatic amines is 2. The Hall–Kier alpha value is -7.88. The van der Waals surface area contributed by atoms with Crippen LogP contribution in [0.4, 0.5) is 31.5 Å². The summed E-state index contributed by atoms with van der Waals surface area (Å²) in [6.45, 7) is 16.7. The maximum atomic E-state index is 14.4. The molecule has 13 heterocycles. The van der Waals surface area contributed by atoms with Crippen molar-refractivity contribution in [2.75, 3.05) is 49.3 Å². The number of hydrogen-bond donors (Lipinski definition) is 2. The van der Waals surface area contributed by atoms with Gasteiger partial charge < -0.3 is 28.6 Å². The molecule has 426 valence electrons. The van der Waals surface area contributed by atoms with E-state index in [9.17, 15) is 8.78 Å². The highest BCUT2D eigenvalue weighted by atomic mass is 79.9. The second-order valence-corrected chi connectivity index (χ2v) is 24.2. The molecule has 0 amide bonds. The number of fused-ring (bicyclic) bond motifs is 6. The first-order valence-electron chi connectivity index (χ1n) is 28.3. The molecule has 5 aliphatic rings. The van der Waals surface area contributed by atoms with Crippen molar-refractivity contribution < 1.29 is 27.6 Å². The van der Waals surface area contributed by atoms with Gasteiger partial charge in [0.1, 0.15) is 11.6 Å². The van der Waals surface area contributed by atoms with Crippen LogP contribution in [0.3, 0.4) is 0 Å². The minimum atomic E-state index is -0.312. The van der Waals surface area contributed by atoms with Crippen molar-refractivity contribution in [1.29, 1.82) is 0 Å². The monoisotopic (exact) mass is 1190 g/mol. The zero-order valence-corrected chi connectivity index (χ0v) is 49.2. The number of pyridine rings is 6. The Morgan fingerprint density at radius 2 is 1.06 bits per heavy atom. The summed E-state index contributed by atoms with van der Waals surface area (Å²) in [6, 6.07) is 25.6. The van der Waals surface area contributed by atoms with Crippen molar-refractivity contribution in [3.8, 4) is 33.9 Å². The number of benzene rings is 2. The maximum absolute atomic E-state index is 14.4. The van der Waals surface area contributed by atoms with Crippen LogP contribution in [0, 0.1) is 25.5 Å². The highest BCUT2D eigenvalue weighted by Gasteiger charge is 2.52. The summed E-state index contributed by atoms with van der Waals surface area (Å²) in [7, 11) is -0.307. The highest BCUT2D eigenvalue weighted by molar-refractivity contribution is 9.10. The van der Waals surface area contributed by atoms with E-state index < -0.39 is 0 Å². The predicted molar refractivity (Wildman–Crippen MR) is 325 cm³/mol. The van der Waals surface area contributed by atoms with Gasteiger partial charge >= 0.3 is 7.12 Å². The van der Waals surface area contributed by atoms with Crippen molar-refractivity contribution in [2.24, 2.45) is 0 Å². The van der Waals surface area contributed by atoms with Gasteiger partial charge in [-0.15, -0.1) is 0 Å². The molecule has 5 aliphatic heterocycles. The van der Waals surface area contributed by atoms with Gasteiger partial charge in [0, 0.05) is 149 Å². The van der Waals surface area contributed by atoms with Crippen LogP contribution >= 0.6 is 15.9 Å². The molecule has 0 unspecified atom stereocenters. The molecule has 3 fully saturated rings. The van der Waals surface area contributed by atoms with Gasteiger partial charge in [0.15, 0.2) is 0 Å². The minimum Gasteiger partial charge on any atom is -0.399 e. The van der Waals surface area contributed by atoms with Crippen molar-refractivity contribution in [1.82, 2.24) is 50.3 Å². The number of aromatic nitrogens is 10. The quantitative estimate of drug-likeness (QED) is 0.150. The first kappa shape index (κ1) is 55.3. The Balaban J connectivity index is 0.000000129. The van der Waals surface area contributed by atoms with Crippen LogP contribution in [0.1, 0.15) is 75.9 Å². The Morgan fingerprint density at radius 1 is 0.560 bits per heavy atom. The smallest absolute Gasteiger partial charge is 0.399 e. The fraction of sp³-hybridized carbons (Fsp3) is 0.312. The lowest BCUT2D eigenvalue weighted by atomic mass is 9.78. The normalized spacial score (nSPS) is 17.9. The first-order chi connectivity index (χ1) is 40.6. The molecular weight excluding hydrogens is 1130 g/mol. The van der Waals surface area contributed by atoms with Gasteiger partial charge in [0.05, 0.1) is 85.3 Å². The van der Waals surface area contributed by atoms with E-state index in [1.54, 1.807) is 24.8 Å². The topological polar surface area (TPSA) is 178 Å². The summed E-state index contributed by atoms with van der Waals surface area (Å²) in [5.74, 6) is -0.614. The number of halogens is 3. The molecule has 0 bridgehead atoms. The number of nitrogens with one attached hydrogen (secondary N) is 2. The van der Waals surface area contributed by atoms with Gasteiger partial charge in [-0.25, -0.2) is 18.7 Å². The molecule has 2 spiro atoms. The average Bonchev–Trinajstić information content (AvgIpc) is 1.91. The summed E-state index contributed by atoms with van der Waals surface area (Å²) in [6.07, 6.45) is 18.2. The van der Waals surface area contributed by atoms with E-state index in [2.05, 4.69) is 82.1 Å².